The van der Waals surface area contributed by atoms with E-state index in [1.54, 1.807) is 0 Å². The van der Waals surface area contributed by atoms with E-state index in [2.05, 4.69) is 29.1 Å². The third kappa shape index (κ3) is 4.48. The monoisotopic (exact) mass is 413 g/mol. The average Bonchev–Trinajstić information content (AvgIpc) is 3.12. The minimum atomic E-state index is -0.104. The van der Waals surface area contributed by atoms with Crippen LogP contribution in [0.3, 0.4) is 0 Å². The number of aromatic nitrogens is 2. The number of H-pyrrole nitrogens is 1. The molecule has 0 bridgehead atoms. The van der Waals surface area contributed by atoms with Crippen LogP contribution in [0.4, 0.5) is 0 Å². The summed E-state index contributed by atoms with van der Waals surface area (Å²) in [7, 11) is 0. The lowest BCUT2D eigenvalue weighted by molar-refractivity contribution is -0.122. The number of hydrogen-bond acceptors (Lipinski definition) is 4. The smallest absolute Gasteiger partial charge is 0.220 e. The molecule has 4 rings (SSSR count). The van der Waals surface area contributed by atoms with Crippen LogP contribution in [0.15, 0.2) is 36.4 Å². The maximum atomic E-state index is 12.6. The summed E-state index contributed by atoms with van der Waals surface area (Å²) < 4.78 is 11.3. The van der Waals surface area contributed by atoms with Crippen LogP contribution in [0.5, 0.6) is 11.5 Å². The zero-order valence-electron chi connectivity index (χ0n) is 16.5. The van der Waals surface area contributed by atoms with Crippen molar-refractivity contribution in [3.63, 3.8) is 0 Å². The average molecular weight is 414 g/mol. The van der Waals surface area contributed by atoms with Gasteiger partial charge in [-0.1, -0.05) is 31.5 Å². The van der Waals surface area contributed by atoms with Crippen molar-refractivity contribution in [2.24, 2.45) is 5.92 Å². The lowest BCUT2D eigenvalue weighted by atomic mass is 9.95. The molecule has 1 aromatic heterocycles. The highest BCUT2D eigenvalue weighted by Crippen LogP contribution is 2.34. The number of carbonyl (C=O) groups is 1. The molecule has 0 radical (unpaired) electrons. The Morgan fingerprint density at radius 2 is 1.97 bits per heavy atom. The molecule has 1 aliphatic heterocycles. The molecular formula is C22H24ClN3O3. The molecule has 7 heteroatoms. The Morgan fingerprint density at radius 3 is 2.76 bits per heavy atom. The second-order valence-corrected chi connectivity index (χ2v) is 7.97. The number of aryl methyl sites for hydroxylation is 1. The van der Waals surface area contributed by atoms with E-state index in [1.807, 2.05) is 36.4 Å². The number of rotatable bonds is 6. The molecular weight excluding hydrogens is 390 g/mol. The quantitative estimate of drug-likeness (QED) is 0.626. The molecule has 152 valence electrons. The summed E-state index contributed by atoms with van der Waals surface area (Å²) in [5.41, 5.74) is 2.74. The number of nitrogens with one attached hydrogen (secondary N) is 2. The molecule has 29 heavy (non-hydrogen) atoms. The predicted octanol–water partition coefficient (Wildman–Crippen LogP) is 4.43. The van der Waals surface area contributed by atoms with E-state index in [0.717, 1.165) is 33.9 Å². The van der Waals surface area contributed by atoms with E-state index in [-0.39, 0.29) is 17.9 Å². The molecule has 2 N–H and O–H groups in total. The van der Waals surface area contributed by atoms with Crippen molar-refractivity contribution in [1.82, 2.24) is 15.3 Å². The van der Waals surface area contributed by atoms with E-state index in [0.29, 0.717) is 31.1 Å². The van der Waals surface area contributed by atoms with E-state index in [4.69, 9.17) is 21.1 Å². The fraction of sp³-hybridized carbons (Fsp3) is 0.364. The van der Waals surface area contributed by atoms with Crippen molar-refractivity contribution >= 4 is 28.5 Å². The third-order valence-corrected chi connectivity index (χ3v) is 5.23. The number of aromatic amines is 1. The number of hydrogen-bond donors (Lipinski definition) is 2. The summed E-state index contributed by atoms with van der Waals surface area (Å²) in [6.07, 6.45) is 0.880. The fourth-order valence-corrected chi connectivity index (χ4v) is 3.69. The standard InChI is InChI=1S/C22H24ClN3O3/c1-13(2)22(14-3-6-18-19(11-14)29-10-9-28-18)26-21(27)8-7-20-24-16-5-4-15(23)12-17(16)25-20/h3-6,11-13,22H,7-10H2,1-2H3,(H,24,25)(H,26,27)/t22-/m0/s1. The molecule has 0 saturated carbocycles. The van der Waals surface area contributed by atoms with E-state index in [9.17, 15) is 4.79 Å². The van der Waals surface area contributed by atoms with Gasteiger partial charge in [-0.15, -0.1) is 0 Å². The van der Waals surface area contributed by atoms with Gasteiger partial charge in [0.15, 0.2) is 11.5 Å². The van der Waals surface area contributed by atoms with Crippen molar-refractivity contribution < 1.29 is 14.3 Å². The largest absolute Gasteiger partial charge is 0.486 e. The van der Waals surface area contributed by atoms with Gasteiger partial charge >= 0.3 is 0 Å². The summed E-state index contributed by atoms with van der Waals surface area (Å²) in [4.78, 5) is 20.4. The molecule has 0 saturated heterocycles. The van der Waals surface area contributed by atoms with Crippen molar-refractivity contribution in [3.8, 4) is 11.5 Å². The number of ether oxygens (including phenoxy) is 2. The first-order valence-electron chi connectivity index (χ1n) is 9.82. The molecule has 6 nitrogen and oxygen atoms in total. The van der Waals surface area contributed by atoms with Gasteiger partial charge in [0, 0.05) is 17.9 Å². The Kier molecular flexibility index (Phi) is 5.62. The van der Waals surface area contributed by atoms with Gasteiger partial charge in [-0.05, 0) is 41.8 Å². The number of halogens is 1. The van der Waals surface area contributed by atoms with Crippen molar-refractivity contribution in [1.29, 1.82) is 0 Å². The highest BCUT2D eigenvalue weighted by atomic mass is 35.5. The minimum absolute atomic E-state index is 0.0166. The number of nitrogens with zero attached hydrogens (tertiary/aromatic N) is 1. The van der Waals surface area contributed by atoms with Gasteiger partial charge in [-0.25, -0.2) is 4.98 Å². The molecule has 1 atom stereocenters. The molecule has 0 aliphatic carbocycles. The Balaban J connectivity index is 1.42. The SMILES string of the molecule is CC(C)[C@H](NC(=O)CCc1nc2ccc(Cl)cc2[nH]1)c1ccc2c(c1)OCCO2. The Bertz CT molecular complexity index is 1030. The second-order valence-electron chi connectivity index (χ2n) is 7.54. The molecule has 1 aliphatic rings. The topological polar surface area (TPSA) is 76.2 Å². The van der Waals surface area contributed by atoms with Gasteiger partial charge in [0.1, 0.15) is 19.0 Å². The molecule has 3 aromatic rings. The van der Waals surface area contributed by atoms with Crippen LogP contribution < -0.4 is 14.8 Å². The molecule has 0 unspecified atom stereocenters. The predicted molar refractivity (Wildman–Crippen MR) is 113 cm³/mol. The molecule has 0 fully saturated rings. The van der Waals surface area contributed by atoms with Gasteiger partial charge in [0.25, 0.3) is 0 Å². The van der Waals surface area contributed by atoms with Gasteiger partial charge in [0.05, 0.1) is 17.1 Å². The summed E-state index contributed by atoms with van der Waals surface area (Å²) >= 11 is 6.02. The number of benzene rings is 2. The van der Waals surface area contributed by atoms with Gasteiger partial charge < -0.3 is 19.8 Å². The van der Waals surface area contributed by atoms with Crippen LogP contribution in [0.25, 0.3) is 11.0 Å². The van der Waals surface area contributed by atoms with Crippen LogP contribution in [0.1, 0.15) is 37.7 Å². The maximum Gasteiger partial charge on any atom is 0.220 e. The summed E-state index contributed by atoms with van der Waals surface area (Å²) in [6.45, 7) is 5.28. The number of fused-ring (bicyclic) bond motifs is 2. The molecule has 0 spiro atoms. The molecule has 2 heterocycles. The Labute approximate surface area is 174 Å². The van der Waals surface area contributed by atoms with Crippen molar-refractivity contribution in [2.75, 3.05) is 13.2 Å². The first kappa shape index (κ1) is 19.6. The molecule has 2 aromatic carbocycles. The third-order valence-electron chi connectivity index (χ3n) is 4.99. The van der Waals surface area contributed by atoms with E-state index >= 15 is 0 Å². The van der Waals surface area contributed by atoms with Crippen molar-refractivity contribution in [3.05, 3.63) is 52.8 Å². The highest BCUT2D eigenvalue weighted by Gasteiger charge is 2.21. The zero-order chi connectivity index (χ0) is 20.4. The van der Waals surface area contributed by atoms with Crippen LogP contribution in [-0.2, 0) is 11.2 Å². The summed E-state index contributed by atoms with van der Waals surface area (Å²) in [5.74, 6) is 2.47. The van der Waals surface area contributed by atoms with Crippen molar-refractivity contribution in [2.45, 2.75) is 32.7 Å². The molecule has 1 amide bonds. The second kappa shape index (κ2) is 8.33. The number of carbonyl (C=O) groups excluding carboxylic acids is 1. The Hall–Kier alpha value is -2.73. The summed E-state index contributed by atoms with van der Waals surface area (Å²) in [5, 5.41) is 3.81. The van der Waals surface area contributed by atoms with Crippen LogP contribution in [0, 0.1) is 5.92 Å². The Morgan fingerprint density at radius 1 is 1.17 bits per heavy atom. The zero-order valence-corrected chi connectivity index (χ0v) is 17.3. The highest BCUT2D eigenvalue weighted by molar-refractivity contribution is 6.31. The van der Waals surface area contributed by atoms with Gasteiger partial charge in [0.2, 0.25) is 5.91 Å². The van der Waals surface area contributed by atoms with Crippen LogP contribution >= 0.6 is 11.6 Å². The van der Waals surface area contributed by atoms with Crippen LogP contribution in [-0.4, -0.2) is 29.1 Å². The van der Waals surface area contributed by atoms with E-state index < -0.39 is 0 Å². The minimum Gasteiger partial charge on any atom is -0.486 e. The van der Waals surface area contributed by atoms with Gasteiger partial charge in [-0.3, -0.25) is 4.79 Å². The van der Waals surface area contributed by atoms with Gasteiger partial charge in [-0.2, -0.15) is 0 Å². The first-order valence-corrected chi connectivity index (χ1v) is 10.2. The normalized spacial score (nSPS) is 14.2. The first-order chi connectivity index (χ1) is 14.0. The number of imidazole rings is 1. The van der Waals surface area contributed by atoms with Crippen LogP contribution in [0.2, 0.25) is 5.02 Å². The summed E-state index contributed by atoms with van der Waals surface area (Å²) in [6, 6.07) is 11.3. The lowest BCUT2D eigenvalue weighted by Gasteiger charge is -2.25. The van der Waals surface area contributed by atoms with E-state index in [1.165, 1.54) is 0 Å². The number of amides is 1. The fourth-order valence-electron chi connectivity index (χ4n) is 3.52. The maximum absolute atomic E-state index is 12.6. The lowest BCUT2D eigenvalue weighted by Crippen LogP contribution is -2.32.